The molecule has 0 saturated carbocycles. The van der Waals surface area contributed by atoms with Gasteiger partial charge in [-0.15, -0.1) is 0 Å². The van der Waals surface area contributed by atoms with Gasteiger partial charge in [-0.1, -0.05) is 26.3 Å². The minimum atomic E-state index is -3.68. The number of carbonyl (C=O) groups excluding carboxylic acids is 2. The van der Waals surface area contributed by atoms with Crippen LogP contribution in [0.5, 0.6) is 0 Å². The van der Waals surface area contributed by atoms with Crippen molar-refractivity contribution in [1.82, 2.24) is 9.62 Å². The van der Waals surface area contributed by atoms with Crippen LogP contribution in [0.15, 0.2) is 29.2 Å². The molecule has 0 bridgehead atoms. The summed E-state index contributed by atoms with van der Waals surface area (Å²) in [5.74, 6) is -1.55. The summed E-state index contributed by atoms with van der Waals surface area (Å²) >= 11 is 0. The van der Waals surface area contributed by atoms with Crippen LogP contribution in [0.1, 0.15) is 50.4 Å². The van der Waals surface area contributed by atoms with E-state index in [0.717, 1.165) is 19.3 Å². The number of rotatable bonds is 7. The summed E-state index contributed by atoms with van der Waals surface area (Å²) < 4.78 is 31.9. The van der Waals surface area contributed by atoms with Gasteiger partial charge >= 0.3 is 5.97 Å². The molecule has 8 nitrogen and oxygen atoms in total. The summed E-state index contributed by atoms with van der Waals surface area (Å²) in [6.45, 7) is 5.54. The van der Waals surface area contributed by atoms with Gasteiger partial charge in [-0.3, -0.25) is 4.79 Å². The van der Waals surface area contributed by atoms with E-state index in [-0.39, 0.29) is 16.4 Å². The third-order valence-electron chi connectivity index (χ3n) is 5.14. The number of ether oxygens (including phenoxy) is 1. The van der Waals surface area contributed by atoms with E-state index in [1.165, 1.54) is 28.6 Å². The summed E-state index contributed by atoms with van der Waals surface area (Å²) in [4.78, 5) is 24.4. The minimum Gasteiger partial charge on any atom is -0.452 e. The summed E-state index contributed by atoms with van der Waals surface area (Å²) in [6, 6.07) is 7.64. The Hall–Kier alpha value is -2.44. The van der Waals surface area contributed by atoms with Gasteiger partial charge in [0, 0.05) is 13.1 Å². The molecule has 1 aliphatic rings. The maximum atomic E-state index is 12.8. The maximum absolute atomic E-state index is 12.8. The van der Waals surface area contributed by atoms with Gasteiger partial charge in [0.15, 0.2) is 6.61 Å². The number of esters is 1. The number of nitriles is 1. The fourth-order valence-corrected chi connectivity index (χ4v) is 4.44. The number of sulfonamides is 1. The van der Waals surface area contributed by atoms with Crippen molar-refractivity contribution in [3.63, 3.8) is 0 Å². The lowest BCUT2D eigenvalue weighted by molar-refractivity contribution is -0.125. The largest absolute Gasteiger partial charge is 0.452 e. The van der Waals surface area contributed by atoms with E-state index in [2.05, 4.69) is 5.32 Å². The standard InChI is InChI=1S/C20H27N3O5S/c1-15(2)20(3,14-21)22-18(24)13-28-19(25)16-8-7-9-17(12-16)29(26,27)23-10-5-4-6-11-23/h7-9,12,15H,4-6,10-11,13H2,1-3H3,(H,22,24)/t20-/m0/s1. The molecule has 0 spiro atoms. The predicted octanol–water partition coefficient (Wildman–Crippen LogP) is 2.07. The third kappa shape index (κ3) is 5.55. The number of benzene rings is 1. The lowest BCUT2D eigenvalue weighted by Crippen LogP contribution is -2.50. The van der Waals surface area contributed by atoms with Gasteiger partial charge in [0.2, 0.25) is 10.0 Å². The molecule has 0 aromatic heterocycles. The summed E-state index contributed by atoms with van der Waals surface area (Å²) in [5, 5.41) is 11.8. The lowest BCUT2D eigenvalue weighted by atomic mass is 9.90. The highest BCUT2D eigenvalue weighted by atomic mass is 32.2. The molecule has 0 unspecified atom stereocenters. The molecule has 1 aliphatic heterocycles. The molecule has 158 valence electrons. The normalized spacial score (nSPS) is 17.2. The summed E-state index contributed by atoms with van der Waals surface area (Å²) in [5.41, 5.74) is -1.03. The van der Waals surface area contributed by atoms with Crippen molar-refractivity contribution in [2.24, 2.45) is 5.92 Å². The average molecular weight is 422 g/mol. The van der Waals surface area contributed by atoms with Crippen LogP contribution in [0.25, 0.3) is 0 Å². The molecule has 29 heavy (non-hydrogen) atoms. The predicted molar refractivity (Wildman–Crippen MR) is 106 cm³/mol. The molecule has 9 heteroatoms. The maximum Gasteiger partial charge on any atom is 0.338 e. The molecular formula is C20H27N3O5S. The minimum absolute atomic E-state index is 0.0233. The Labute approximate surface area is 171 Å². The van der Waals surface area contributed by atoms with E-state index < -0.39 is 34.0 Å². The molecule has 1 N–H and O–H groups in total. The van der Waals surface area contributed by atoms with Gasteiger partial charge in [0.05, 0.1) is 16.5 Å². The highest BCUT2D eigenvalue weighted by Gasteiger charge is 2.30. The number of piperidine rings is 1. The van der Waals surface area contributed by atoms with Gasteiger partial charge in [0.1, 0.15) is 5.54 Å². The Morgan fingerprint density at radius 2 is 1.93 bits per heavy atom. The van der Waals surface area contributed by atoms with Crippen LogP contribution < -0.4 is 5.32 Å². The molecule has 1 aromatic rings. The van der Waals surface area contributed by atoms with Crippen LogP contribution in [0.2, 0.25) is 0 Å². The first-order valence-electron chi connectivity index (χ1n) is 9.60. The van der Waals surface area contributed by atoms with Crippen LogP contribution in [0.4, 0.5) is 0 Å². The quantitative estimate of drug-likeness (QED) is 0.674. The van der Waals surface area contributed by atoms with E-state index in [1.807, 2.05) is 6.07 Å². The Morgan fingerprint density at radius 1 is 1.28 bits per heavy atom. The smallest absolute Gasteiger partial charge is 0.338 e. The van der Waals surface area contributed by atoms with Crippen LogP contribution in [-0.4, -0.2) is 49.8 Å². The van der Waals surface area contributed by atoms with Crippen LogP contribution in [-0.2, 0) is 19.6 Å². The molecule has 1 atom stereocenters. The van der Waals surface area contributed by atoms with Crippen molar-refractivity contribution in [1.29, 1.82) is 5.26 Å². The van der Waals surface area contributed by atoms with E-state index in [9.17, 15) is 23.3 Å². The first-order valence-corrected chi connectivity index (χ1v) is 11.0. The van der Waals surface area contributed by atoms with E-state index in [4.69, 9.17) is 4.74 Å². The van der Waals surface area contributed by atoms with Gasteiger partial charge in [-0.2, -0.15) is 9.57 Å². The number of hydrogen-bond acceptors (Lipinski definition) is 6. The second-order valence-electron chi connectivity index (χ2n) is 7.59. The average Bonchev–Trinajstić information content (AvgIpc) is 2.72. The lowest BCUT2D eigenvalue weighted by Gasteiger charge is -2.27. The van der Waals surface area contributed by atoms with Crippen LogP contribution in [0, 0.1) is 17.2 Å². The zero-order valence-corrected chi connectivity index (χ0v) is 17.8. The van der Waals surface area contributed by atoms with E-state index >= 15 is 0 Å². The number of nitrogens with zero attached hydrogens (tertiary/aromatic N) is 2. The van der Waals surface area contributed by atoms with Crippen LogP contribution >= 0.6 is 0 Å². The Bertz CT molecular complexity index is 901. The number of hydrogen-bond donors (Lipinski definition) is 1. The molecule has 1 amide bonds. The highest BCUT2D eigenvalue weighted by Crippen LogP contribution is 2.21. The fourth-order valence-electron chi connectivity index (χ4n) is 2.88. The second kappa shape index (κ2) is 9.37. The first-order chi connectivity index (χ1) is 13.6. The topological polar surface area (TPSA) is 117 Å². The second-order valence-corrected chi connectivity index (χ2v) is 9.52. The Morgan fingerprint density at radius 3 is 2.52 bits per heavy atom. The molecule has 0 radical (unpaired) electrons. The van der Waals surface area contributed by atoms with E-state index in [1.54, 1.807) is 20.8 Å². The zero-order chi connectivity index (χ0) is 21.7. The highest BCUT2D eigenvalue weighted by molar-refractivity contribution is 7.89. The fraction of sp³-hybridized carbons (Fsp3) is 0.550. The molecule has 1 aromatic carbocycles. The van der Waals surface area contributed by atoms with Crippen molar-refractivity contribution in [2.75, 3.05) is 19.7 Å². The molecule has 1 heterocycles. The van der Waals surface area contributed by atoms with Crippen molar-refractivity contribution in [3.05, 3.63) is 29.8 Å². The molecular weight excluding hydrogens is 394 g/mol. The summed E-state index contributed by atoms with van der Waals surface area (Å²) in [6.07, 6.45) is 2.63. The van der Waals surface area contributed by atoms with Gasteiger partial charge in [0.25, 0.3) is 5.91 Å². The first kappa shape index (κ1) is 22.8. The van der Waals surface area contributed by atoms with Crippen molar-refractivity contribution < 1.29 is 22.7 Å². The molecule has 1 saturated heterocycles. The zero-order valence-electron chi connectivity index (χ0n) is 17.0. The molecule has 1 fully saturated rings. The summed E-state index contributed by atoms with van der Waals surface area (Å²) in [7, 11) is -3.68. The monoisotopic (exact) mass is 421 g/mol. The van der Waals surface area contributed by atoms with E-state index in [0.29, 0.717) is 13.1 Å². The Kier molecular flexibility index (Phi) is 7.38. The number of nitrogens with one attached hydrogen (secondary N) is 1. The van der Waals surface area contributed by atoms with Gasteiger partial charge < -0.3 is 10.1 Å². The van der Waals surface area contributed by atoms with Gasteiger partial charge in [-0.25, -0.2) is 13.2 Å². The SMILES string of the molecule is CC(C)[C@](C)(C#N)NC(=O)COC(=O)c1cccc(S(=O)(=O)N2CCCCC2)c1. The number of amides is 1. The third-order valence-corrected chi connectivity index (χ3v) is 7.04. The van der Waals surface area contributed by atoms with Crippen molar-refractivity contribution >= 4 is 21.9 Å². The van der Waals surface area contributed by atoms with Crippen molar-refractivity contribution in [2.45, 2.75) is 50.5 Å². The molecule has 0 aliphatic carbocycles. The van der Waals surface area contributed by atoms with Gasteiger partial charge in [-0.05, 0) is 43.9 Å². The number of carbonyl (C=O) groups is 2. The Balaban J connectivity index is 2.04. The molecule has 2 rings (SSSR count). The van der Waals surface area contributed by atoms with Crippen molar-refractivity contribution in [3.8, 4) is 6.07 Å². The van der Waals surface area contributed by atoms with Crippen LogP contribution in [0.3, 0.4) is 0 Å².